The van der Waals surface area contributed by atoms with Gasteiger partial charge in [-0.2, -0.15) is 0 Å². The molecule has 1 fully saturated rings. The van der Waals surface area contributed by atoms with Gasteiger partial charge in [0.05, 0.1) is 12.5 Å². The highest BCUT2D eigenvalue weighted by Crippen LogP contribution is 2.16. The molecule has 2 atom stereocenters. The Morgan fingerprint density at radius 3 is 2.70 bits per heavy atom. The molecule has 23 heavy (non-hydrogen) atoms. The molecule has 6 heteroatoms. The van der Waals surface area contributed by atoms with Crippen molar-refractivity contribution in [3.05, 3.63) is 29.8 Å². The molecular weight excluding hydrogens is 298 g/mol. The number of benzene rings is 1. The molecule has 0 saturated carbocycles. The molecule has 1 aromatic carbocycles. The summed E-state index contributed by atoms with van der Waals surface area (Å²) in [5.74, 6) is -1.06. The summed E-state index contributed by atoms with van der Waals surface area (Å²) in [7, 11) is 0. The fraction of sp³-hybridized carbons (Fsp3) is 0.529. The molecule has 0 radical (unpaired) electrons. The predicted molar refractivity (Wildman–Crippen MR) is 84.4 cm³/mol. The second kappa shape index (κ2) is 8.53. The standard InChI is InChI=1S/C17H23NO5/c1-2-22-14-7-5-12(6-8-14)10-13(17(20)21)11-18-16(19)15-4-3-9-23-15/h5-8,13,15H,2-4,9-11H2,1H3,(H,18,19)(H,20,21). The van der Waals surface area contributed by atoms with E-state index in [4.69, 9.17) is 9.47 Å². The highest BCUT2D eigenvalue weighted by molar-refractivity contribution is 5.81. The minimum Gasteiger partial charge on any atom is -0.494 e. The van der Waals surface area contributed by atoms with Crippen molar-refractivity contribution in [2.75, 3.05) is 19.8 Å². The van der Waals surface area contributed by atoms with Gasteiger partial charge < -0.3 is 19.9 Å². The maximum Gasteiger partial charge on any atom is 0.308 e. The molecule has 126 valence electrons. The maximum absolute atomic E-state index is 11.9. The number of rotatable bonds is 8. The van der Waals surface area contributed by atoms with E-state index in [1.165, 1.54) is 0 Å². The normalized spacial score (nSPS) is 18.4. The van der Waals surface area contributed by atoms with Gasteiger partial charge in [-0.3, -0.25) is 9.59 Å². The van der Waals surface area contributed by atoms with E-state index >= 15 is 0 Å². The molecule has 0 spiro atoms. The molecule has 2 unspecified atom stereocenters. The van der Waals surface area contributed by atoms with Crippen LogP contribution in [0.15, 0.2) is 24.3 Å². The van der Waals surface area contributed by atoms with Crippen molar-refractivity contribution < 1.29 is 24.2 Å². The Labute approximate surface area is 135 Å². The number of carboxylic acids is 1. The topological polar surface area (TPSA) is 84.9 Å². The van der Waals surface area contributed by atoms with Gasteiger partial charge in [-0.15, -0.1) is 0 Å². The summed E-state index contributed by atoms with van der Waals surface area (Å²) >= 11 is 0. The largest absolute Gasteiger partial charge is 0.494 e. The summed E-state index contributed by atoms with van der Waals surface area (Å²) in [6, 6.07) is 7.34. The lowest BCUT2D eigenvalue weighted by atomic mass is 9.99. The van der Waals surface area contributed by atoms with Gasteiger partial charge >= 0.3 is 5.97 Å². The monoisotopic (exact) mass is 321 g/mol. The van der Waals surface area contributed by atoms with E-state index in [9.17, 15) is 14.7 Å². The first kappa shape index (κ1) is 17.3. The average Bonchev–Trinajstić information content (AvgIpc) is 3.07. The van der Waals surface area contributed by atoms with Crippen LogP contribution in [0.2, 0.25) is 0 Å². The first-order chi connectivity index (χ1) is 11.1. The van der Waals surface area contributed by atoms with Gasteiger partial charge in [0.2, 0.25) is 5.91 Å². The Morgan fingerprint density at radius 2 is 2.13 bits per heavy atom. The molecule has 1 saturated heterocycles. The van der Waals surface area contributed by atoms with Crippen LogP contribution in [0.1, 0.15) is 25.3 Å². The molecule has 1 amide bonds. The predicted octanol–water partition coefficient (Wildman–Crippen LogP) is 1.62. The van der Waals surface area contributed by atoms with Crippen LogP contribution < -0.4 is 10.1 Å². The molecular formula is C17H23NO5. The van der Waals surface area contributed by atoms with Crippen LogP contribution in [0.3, 0.4) is 0 Å². The number of carboxylic acid groups (broad SMARTS) is 1. The molecule has 1 aromatic rings. The third-order valence-corrected chi connectivity index (χ3v) is 3.81. The zero-order valence-electron chi connectivity index (χ0n) is 13.3. The van der Waals surface area contributed by atoms with E-state index in [-0.39, 0.29) is 12.5 Å². The number of aliphatic carboxylic acids is 1. The number of carbonyl (C=O) groups is 2. The Hall–Kier alpha value is -2.08. The van der Waals surface area contributed by atoms with Crippen molar-refractivity contribution in [3.63, 3.8) is 0 Å². The Bertz CT molecular complexity index is 522. The van der Waals surface area contributed by atoms with Gasteiger partial charge in [-0.25, -0.2) is 0 Å². The lowest BCUT2D eigenvalue weighted by Gasteiger charge is -2.16. The molecule has 6 nitrogen and oxygen atoms in total. The fourth-order valence-electron chi connectivity index (χ4n) is 2.54. The van der Waals surface area contributed by atoms with Crippen LogP contribution >= 0.6 is 0 Å². The van der Waals surface area contributed by atoms with Crippen LogP contribution in [0, 0.1) is 5.92 Å². The molecule has 0 aromatic heterocycles. The summed E-state index contributed by atoms with van der Waals surface area (Å²) < 4.78 is 10.7. The van der Waals surface area contributed by atoms with Crippen LogP contribution in [0.25, 0.3) is 0 Å². The Morgan fingerprint density at radius 1 is 1.39 bits per heavy atom. The molecule has 1 aliphatic rings. The molecule has 2 rings (SSSR count). The van der Waals surface area contributed by atoms with E-state index in [0.717, 1.165) is 17.7 Å². The molecule has 0 bridgehead atoms. The lowest BCUT2D eigenvalue weighted by molar-refractivity contribution is -0.141. The van der Waals surface area contributed by atoms with Gasteiger partial charge in [-0.05, 0) is 43.9 Å². The fourth-order valence-corrected chi connectivity index (χ4v) is 2.54. The smallest absolute Gasteiger partial charge is 0.308 e. The van der Waals surface area contributed by atoms with Crippen molar-refractivity contribution in [2.45, 2.75) is 32.3 Å². The third kappa shape index (κ3) is 5.25. The van der Waals surface area contributed by atoms with Crippen molar-refractivity contribution in [2.24, 2.45) is 5.92 Å². The minimum absolute atomic E-state index is 0.0985. The van der Waals surface area contributed by atoms with E-state index in [1.807, 2.05) is 31.2 Å². The highest BCUT2D eigenvalue weighted by atomic mass is 16.5. The van der Waals surface area contributed by atoms with Gasteiger partial charge in [0.25, 0.3) is 0 Å². The highest BCUT2D eigenvalue weighted by Gasteiger charge is 2.25. The number of ether oxygens (including phenoxy) is 2. The molecule has 1 heterocycles. The van der Waals surface area contributed by atoms with Crippen molar-refractivity contribution in [3.8, 4) is 5.75 Å². The van der Waals surface area contributed by atoms with E-state index < -0.39 is 18.0 Å². The van der Waals surface area contributed by atoms with Gasteiger partial charge in [-0.1, -0.05) is 12.1 Å². The molecule has 1 aliphatic heterocycles. The average molecular weight is 321 g/mol. The van der Waals surface area contributed by atoms with E-state index in [0.29, 0.717) is 26.1 Å². The van der Waals surface area contributed by atoms with Crippen molar-refractivity contribution >= 4 is 11.9 Å². The zero-order valence-corrected chi connectivity index (χ0v) is 13.3. The number of nitrogens with one attached hydrogen (secondary N) is 1. The number of hydrogen-bond donors (Lipinski definition) is 2. The first-order valence-electron chi connectivity index (χ1n) is 7.94. The summed E-state index contributed by atoms with van der Waals surface area (Å²) in [5.41, 5.74) is 0.896. The van der Waals surface area contributed by atoms with Gasteiger partial charge in [0.15, 0.2) is 0 Å². The van der Waals surface area contributed by atoms with Crippen LogP contribution in [0.4, 0.5) is 0 Å². The van der Waals surface area contributed by atoms with Crippen molar-refractivity contribution in [1.29, 1.82) is 0 Å². The van der Waals surface area contributed by atoms with E-state index in [1.54, 1.807) is 0 Å². The maximum atomic E-state index is 11.9. The van der Waals surface area contributed by atoms with Gasteiger partial charge in [0.1, 0.15) is 11.9 Å². The number of amides is 1. The van der Waals surface area contributed by atoms with E-state index in [2.05, 4.69) is 5.32 Å². The Kier molecular flexibility index (Phi) is 6.40. The van der Waals surface area contributed by atoms with Crippen LogP contribution in [0.5, 0.6) is 5.75 Å². The molecule has 2 N–H and O–H groups in total. The second-order valence-electron chi connectivity index (χ2n) is 5.56. The number of carbonyl (C=O) groups excluding carboxylic acids is 1. The lowest BCUT2D eigenvalue weighted by Crippen LogP contribution is -2.39. The first-order valence-corrected chi connectivity index (χ1v) is 7.94. The summed E-state index contributed by atoms with van der Waals surface area (Å²) in [6.07, 6.45) is 1.48. The van der Waals surface area contributed by atoms with Crippen LogP contribution in [-0.2, 0) is 20.7 Å². The Balaban J connectivity index is 1.87. The second-order valence-corrected chi connectivity index (χ2v) is 5.56. The summed E-state index contributed by atoms with van der Waals surface area (Å²) in [5, 5.41) is 12.0. The third-order valence-electron chi connectivity index (χ3n) is 3.81. The summed E-state index contributed by atoms with van der Waals surface area (Å²) in [6.45, 7) is 3.19. The zero-order chi connectivity index (χ0) is 16.7. The van der Waals surface area contributed by atoms with Crippen molar-refractivity contribution in [1.82, 2.24) is 5.32 Å². The number of hydrogen-bond acceptors (Lipinski definition) is 4. The summed E-state index contributed by atoms with van der Waals surface area (Å²) in [4.78, 5) is 23.3. The van der Waals surface area contributed by atoms with Crippen LogP contribution in [-0.4, -0.2) is 42.8 Å². The minimum atomic E-state index is -0.925. The van der Waals surface area contributed by atoms with Gasteiger partial charge in [0, 0.05) is 13.2 Å². The quantitative estimate of drug-likeness (QED) is 0.760. The SMILES string of the molecule is CCOc1ccc(CC(CNC(=O)C2CCCO2)C(=O)O)cc1. The molecule has 0 aliphatic carbocycles.